The predicted molar refractivity (Wildman–Crippen MR) is 45.9 cm³/mol. The SMILES string of the molecule is CC1=C(C)[N+]12CCN(C)CC2. The molecule has 2 heteroatoms. The molecule has 0 amide bonds. The maximum atomic E-state index is 2.42. The molecule has 0 bridgehead atoms. The van der Waals surface area contributed by atoms with Crippen LogP contribution in [0.4, 0.5) is 0 Å². The molecule has 1 fully saturated rings. The van der Waals surface area contributed by atoms with Crippen LogP contribution in [0.3, 0.4) is 0 Å². The maximum absolute atomic E-state index is 2.42. The van der Waals surface area contributed by atoms with Crippen LogP contribution >= 0.6 is 0 Å². The Hall–Kier alpha value is -0.340. The minimum Gasteiger partial charge on any atom is -0.295 e. The number of allylic oxidation sites excluding steroid dienone is 2. The number of nitrogens with zero attached hydrogens (tertiary/aromatic N) is 2. The summed E-state index contributed by atoms with van der Waals surface area (Å²) in [6, 6.07) is 0. The largest absolute Gasteiger partial charge is 0.295 e. The summed E-state index contributed by atoms with van der Waals surface area (Å²) in [6.07, 6.45) is 0. The first-order valence-electron chi connectivity index (χ1n) is 4.41. The maximum Gasteiger partial charge on any atom is 0.168 e. The topological polar surface area (TPSA) is 3.24 Å². The van der Waals surface area contributed by atoms with Gasteiger partial charge in [-0.3, -0.25) is 9.38 Å². The second-order valence-corrected chi connectivity index (χ2v) is 3.89. The molecule has 0 unspecified atom stereocenters. The number of hydrogen-bond donors (Lipinski definition) is 0. The van der Waals surface area contributed by atoms with Crippen molar-refractivity contribution in [3.8, 4) is 0 Å². The van der Waals surface area contributed by atoms with E-state index in [0.717, 1.165) is 0 Å². The highest BCUT2D eigenvalue weighted by atomic mass is 15.5. The van der Waals surface area contributed by atoms with Crippen LogP contribution in [0, 0.1) is 0 Å². The van der Waals surface area contributed by atoms with Gasteiger partial charge in [-0.2, -0.15) is 0 Å². The van der Waals surface area contributed by atoms with E-state index in [1.165, 1.54) is 30.7 Å². The van der Waals surface area contributed by atoms with E-state index < -0.39 is 0 Å². The van der Waals surface area contributed by atoms with Gasteiger partial charge in [0.15, 0.2) is 11.4 Å². The molecule has 2 aliphatic rings. The minimum absolute atomic E-state index is 1.25. The molecular weight excluding hydrogens is 136 g/mol. The third-order valence-corrected chi connectivity index (χ3v) is 3.48. The van der Waals surface area contributed by atoms with E-state index in [9.17, 15) is 0 Å². The van der Waals surface area contributed by atoms with E-state index >= 15 is 0 Å². The zero-order valence-electron chi connectivity index (χ0n) is 7.72. The first-order chi connectivity index (χ1) is 5.17. The summed E-state index contributed by atoms with van der Waals surface area (Å²) in [5, 5.41) is 0. The van der Waals surface area contributed by atoms with Crippen molar-refractivity contribution in [1.82, 2.24) is 4.90 Å². The molecule has 2 rings (SSSR count). The highest BCUT2D eigenvalue weighted by molar-refractivity contribution is 5.14. The first-order valence-corrected chi connectivity index (χ1v) is 4.41. The minimum atomic E-state index is 1.25. The fourth-order valence-electron chi connectivity index (χ4n) is 2.19. The highest BCUT2D eigenvalue weighted by Crippen LogP contribution is 2.42. The van der Waals surface area contributed by atoms with E-state index in [-0.39, 0.29) is 0 Å². The number of likely N-dealkylation sites (N-methyl/N-ethyl adjacent to an activating group) is 1. The van der Waals surface area contributed by atoms with Crippen LogP contribution < -0.4 is 0 Å². The number of quaternary nitrogens is 1. The van der Waals surface area contributed by atoms with Crippen molar-refractivity contribution < 1.29 is 4.48 Å². The third kappa shape index (κ3) is 0.861. The lowest BCUT2D eigenvalue weighted by atomic mass is 10.3. The molecule has 0 aromatic rings. The Kier molecular flexibility index (Phi) is 1.38. The van der Waals surface area contributed by atoms with E-state index in [2.05, 4.69) is 25.8 Å². The van der Waals surface area contributed by atoms with E-state index in [1.54, 1.807) is 11.4 Å². The second kappa shape index (κ2) is 2.08. The van der Waals surface area contributed by atoms with Crippen LogP contribution in [0.5, 0.6) is 0 Å². The number of rotatable bonds is 0. The zero-order valence-corrected chi connectivity index (χ0v) is 7.72. The number of hydrogen-bond acceptors (Lipinski definition) is 1. The molecule has 0 aromatic carbocycles. The lowest BCUT2D eigenvalue weighted by Crippen LogP contribution is -2.47. The summed E-state index contributed by atoms with van der Waals surface area (Å²) >= 11 is 0. The molecule has 0 N–H and O–H groups in total. The Morgan fingerprint density at radius 1 is 1.09 bits per heavy atom. The fourth-order valence-corrected chi connectivity index (χ4v) is 2.19. The molecule has 2 nitrogen and oxygen atoms in total. The van der Waals surface area contributed by atoms with Crippen LogP contribution in [-0.4, -0.2) is 42.6 Å². The van der Waals surface area contributed by atoms with Gasteiger partial charge in [0.2, 0.25) is 0 Å². The van der Waals surface area contributed by atoms with Crippen LogP contribution in [0.15, 0.2) is 11.4 Å². The molecule has 0 saturated carbocycles. The van der Waals surface area contributed by atoms with Crippen LogP contribution in [-0.2, 0) is 0 Å². The normalized spacial score (nSPS) is 29.7. The molecule has 0 aromatic heterocycles. The van der Waals surface area contributed by atoms with Gasteiger partial charge in [-0.25, -0.2) is 0 Å². The molecule has 1 saturated heterocycles. The van der Waals surface area contributed by atoms with Gasteiger partial charge in [-0.1, -0.05) is 0 Å². The van der Waals surface area contributed by atoms with Gasteiger partial charge in [0.25, 0.3) is 0 Å². The Morgan fingerprint density at radius 2 is 1.55 bits per heavy atom. The first kappa shape index (κ1) is 7.32. The van der Waals surface area contributed by atoms with Crippen molar-refractivity contribution in [2.24, 2.45) is 0 Å². The second-order valence-electron chi connectivity index (χ2n) is 3.89. The Balaban J connectivity index is 2.01. The van der Waals surface area contributed by atoms with Crippen LogP contribution in [0.1, 0.15) is 13.8 Å². The van der Waals surface area contributed by atoms with E-state index in [0.29, 0.717) is 0 Å². The fraction of sp³-hybridized carbons (Fsp3) is 0.778. The summed E-state index contributed by atoms with van der Waals surface area (Å²) in [4.78, 5) is 2.42. The summed E-state index contributed by atoms with van der Waals surface area (Å²) in [5.41, 5.74) is 3.25. The molecule has 0 atom stereocenters. The predicted octanol–water partition coefficient (Wildman–Crippen LogP) is 1.01. The average Bonchev–Trinajstić information content (AvgIpc) is 2.50. The summed E-state index contributed by atoms with van der Waals surface area (Å²) in [7, 11) is 2.21. The van der Waals surface area contributed by atoms with Crippen molar-refractivity contribution in [2.45, 2.75) is 13.8 Å². The molecule has 11 heavy (non-hydrogen) atoms. The zero-order chi connectivity index (χ0) is 8.06. The summed E-state index contributed by atoms with van der Waals surface area (Å²) in [5.74, 6) is 0. The van der Waals surface area contributed by atoms with Gasteiger partial charge >= 0.3 is 0 Å². The molecular formula is C9H17N2+. The van der Waals surface area contributed by atoms with Crippen molar-refractivity contribution in [2.75, 3.05) is 33.2 Å². The van der Waals surface area contributed by atoms with Gasteiger partial charge in [0, 0.05) is 26.9 Å². The smallest absolute Gasteiger partial charge is 0.168 e. The lowest BCUT2D eigenvalue weighted by Gasteiger charge is -2.31. The molecule has 2 aliphatic heterocycles. The van der Waals surface area contributed by atoms with Crippen LogP contribution in [0.2, 0.25) is 0 Å². The van der Waals surface area contributed by atoms with Gasteiger partial charge in [-0.05, 0) is 7.05 Å². The Bertz CT molecular complexity index is 196. The van der Waals surface area contributed by atoms with Gasteiger partial charge in [0.1, 0.15) is 13.1 Å². The highest BCUT2D eigenvalue weighted by Gasteiger charge is 2.51. The molecule has 62 valence electrons. The van der Waals surface area contributed by atoms with Gasteiger partial charge < -0.3 is 0 Å². The Labute approximate surface area is 68.7 Å². The molecule has 0 radical (unpaired) electrons. The number of piperazine rings is 1. The quantitative estimate of drug-likeness (QED) is 0.470. The third-order valence-electron chi connectivity index (χ3n) is 3.48. The lowest BCUT2D eigenvalue weighted by molar-refractivity contribution is -0.793. The summed E-state index contributed by atoms with van der Waals surface area (Å²) in [6.45, 7) is 9.70. The monoisotopic (exact) mass is 153 g/mol. The van der Waals surface area contributed by atoms with E-state index in [1.807, 2.05) is 0 Å². The molecule has 0 aliphatic carbocycles. The Morgan fingerprint density at radius 3 is 1.91 bits per heavy atom. The van der Waals surface area contributed by atoms with Crippen molar-refractivity contribution in [3.05, 3.63) is 11.4 Å². The van der Waals surface area contributed by atoms with Crippen molar-refractivity contribution in [1.29, 1.82) is 0 Å². The van der Waals surface area contributed by atoms with Gasteiger partial charge in [-0.15, -0.1) is 0 Å². The van der Waals surface area contributed by atoms with Crippen molar-refractivity contribution >= 4 is 0 Å². The average molecular weight is 153 g/mol. The van der Waals surface area contributed by atoms with Gasteiger partial charge in [0.05, 0.1) is 0 Å². The van der Waals surface area contributed by atoms with Crippen LogP contribution in [0.25, 0.3) is 0 Å². The van der Waals surface area contributed by atoms with Crippen molar-refractivity contribution in [3.63, 3.8) is 0 Å². The molecule has 1 spiro atoms. The summed E-state index contributed by atoms with van der Waals surface area (Å²) < 4.78 is 1.25. The van der Waals surface area contributed by atoms with E-state index in [4.69, 9.17) is 0 Å². The molecule has 2 heterocycles. The standard InChI is InChI=1S/C9H17N2/c1-8-9(2)11(8)6-4-10(3)5-7-11/h4-7H2,1-3H3/q+1.